The quantitative estimate of drug-likeness (QED) is 0.749. The maximum atomic E-state index is 12.1. The van der Waals surface area contributed by atoms with Crippen molar-refractivity contribution in [2.75, 3.05) is 6.54 Å². The minimum atomic E-state index is 0.356. The molecule has 2 unspecified atom stereocenters. The van der Waals surface area contributed by atoms with Crippen molar-refractivity contribution in [2.45, 2.75) is 51.0 Å². The Bertz CT molecular complexity index is 777. The highest BCUT2D eigenvalue weighted by Gasteiger charge is 2.32. The molecule has 0 spiro atoms. The number of benzene rings is 1. The Kier molecular flexibility index (Phi) is 5.26. The van der Waals surface area contributed by atoms with Gasteiger partial charge in [-0.05, 0) is 61.3 Å². The molecule has 2 aromatic rings. The van der Waals surface area contributed by atoms with Gasteiger partial charge in [-0.2, -0.15) is 0 Å². The van der Waals surface area contributed by atoms with Crippen LogP contribution in [-0.2, 0) is 11.2 Å². The van der Waals surface area contributed by atoms with Crippen molar-refractivity contribution in [1.29, 1.82) is 0 Å². The van der Waals surface area contributed by atoms with Crippen LogP contribution in [0.2, 0.25) is 5.02 Å². The van der Waals surface area contributed by atoms with Gasteiger partial charge in [-0.3, -0.25) is 9.78 Å². The van der Waals surface area contributed by atoms with Crippen LogP contribution < -0.4 is 0 Å². The lowest BCUT2D eigenvalue weighted by Crippen LogP contribution is -2.39. The van der Waals surface area contributed by atoms with Crippen molar-refractivity contribution < 1.29 is 4.79 Å². The summed E-state index contributed by atoms with van der Waals surface area (Å²) in [6, 6.07) is 10.8. The summed E-state index contributed by atoms with van der Waals surface area (Å²) >= 11 is 6.60. The largest absolute Gasteiger partial charge is 0.340 e. The van der Waals surface area contributed by atoms with Gasteiger partial charge in [0.1, 0.15) is 0 Å². The zero-order valence-electron chi connectivity index (χ0n) is 15.0. The fourth-order valence-electron chi connectivity index (χ4n) is 4.52. The molecule has 1 aliphatic carbocycles. The average molecular weight is 369 g/mol. The highest BCUT2D eigenvalue weighted by Crippen LogP contribution is 2.34. The number of pyridine rings is 1. The van der Waals surface area contributed by atoms with Gasteiger partial charge in [0.05, 0.1) is 0 Å². The Morgan fingerprint density at radius 1 is 1.15 bits per heavy atom. The van der Waals surface area contributed by atoms with E-state index in [1.807, 2.05) is 12.3 Å². The molecule has 1 saturated carbocycles. The summed E-state index contributed by atoms with van der Waals surface area (Å²) in [6.45, 7) is 0.955. The lowest BCUT2D eigenvalue weighted by molar-refractivity contribution is -0.130. The van der Waals surface area contributed by atoms with Crippen molar-refractivity contribution in [1.82, 2.24) is 9.88 Å². The molecule has 0 N–H and O–H groups in total. The maximum Gasteiger partial charge on any atom is 0.222 e. The van der Waals surface area contributed by atoms with Crippen LogP contribution in [0, 0.1) is 5.92 Å². The van der Waals surface area contributed by atoms with Gasteiger partial charge < -0.3 is 4.90 Å². The predicted molar refractivity (Wildman–Crippen MR) is 105 cm³/mol. The molecule has 4 heteroatoms. The average Bonchev–Trinajstić information content (AvgIpc) is 3.10. The number of aromatic nitrogens is 1. The molecule has 1 aromatic heterocycles. The normalized spacial score (nSPS) is 23.4. The predicted octanol–water partition coefficient (Wildman–Crippen LogP) is 5.13. The third-order valence-electron chi connectivity index (χ3n) is 5.86. The first-order valence-corrected chi connectivity index (χ1v) is 10.1. The molecule has 2 atom stereocenters. The standard InChI is InChI=1S/C22H25ClN2O/c23-21-14-17(19-5-2-10-24-15-19)8-9-18(21)12-16-4-1-6-20(13-16)25-11-3-7-22(25)26/h2,5,8-10,14-16,20H,1,3-4,6-7,11-13H2. The second-order valence-electron chi connectivity index (χ2n) is 7.63. The molecular weight excluding hydrogens is 344 g/mol. The van der Waals surface area contributed by atoms with Crippen LogP contribution in [0.25, 0.3) is 11.1 Å². The second kappa shape index (κ2) is 7.79. The molecule has 1 aromatic carbocycles. The molecule has 0 radical (unpaired) electrons. The van der Waals surface area contributed by atoms with Gasteiger partial charge in [-0.1, -0.05) is 36.2 Å². The number of carbonyl (C=O) groups excluding carboxylic acids is 1. The molecule has 1 saturated heterocycles. The molecular formula is C22H25ClN2O. The second-order valence-corrected chi connectivity index (χ2v) is 8.04. The van der Waals surface area contributed by atoms with Gasteiger partial charge in [0.2, 0.25) is 5.91 Å². The minimum Gasteiger partial charge on any atom is -0.340 e. The molecule has 3 nitrogen and oxygen atoms in total. The topological polar surface area (TPSA) is 33.2 Å². The number of likely N-dealkylation sites (tertiary alicyclic amines) is 1. The Balaban J connectivity index is 1.44. The van der Waals surface area contributed by atoms with Crippen LogP contribution in [0.3, 0.4) is 0 Å². The van der Waals surface area contributed by atoms with Gasteiger partial charge in [-0.25, -0.2) is 0 Å². The van der Waals surface area contributed by atoms with E-state index in [1.54, 1.807) is 6.20 Å². The maximum absolute atomic E-state index is 12.1. The fourth-order valence-corrected chi connectivity index (χ4v) is 4.78. The summed E-state index contributed by atoms with van der Waals surface area (Å²) in [7, 11) is 0. The van der Waals surface area contributed by atoms with E-state index < -0.39 is 0 Å². The molecule has 26 heavy (non-hydrogen) atoms. The van der Waals surface area contributed by atoms with E-state index in [4.69, 9.17) is 11.6 Å². The van der Waals surface area contributed by atoms with Gasteiger partial charge in [0.15, 0.2) is 0 Å². The molecule has 2 heterocycles. The van der Waals surface area contributed by atoms with E-state index in [-0.39, 0.29) is 0 Å². The van der Waals surface area contributed by atoms with Crippen LogP contribution in [0.1, 0.15) is 44.1 Å². The van der Waals surface area contributed by atoms with Crippen LogP contribution in [0.15, 0.2) is 42.7 Å². The molecule has 2 aliphatic rings. The monoisotopic (exact) mass is 368 g/mol. The van der Waals surface area contributed by atoms with Crippen LogP contribution >= 0.6 is 11.6 Å². The first-order chi connectivity index (χ1) is 12.7. The van der Waals surface area contributed by atoms with E-state index in [0.29, 0.717) is 17.9 Å². The zero-order valence-corrected chi connectivity index (χ0v) is 15.8. The summed E-state index contributed by atoms with van der Waals surface area (Å²) in [5, 5.41) is 0.839. The van der Waals surface area contributed by atoms with Crippen molar-refractivity contribution in [3.05, 3.63) is 53.3 Å². The van der Waals surface area contributed by atoms with Gasteiger partial charge in [0, 0.05) is 42.0 Å². The van der Waals surface area contributed by atoms with E-state index in [2.05, 4.69) is 34.1 Å². The van der Waals surface area contributed by atoms with Gasteiger partial charge in [0.25, 0.3) is 0 Å². The Hall–Kier alpha value is -1.87. The zero-order chi connectivity index (χ0) is 17.9. The van der Waals surface area contributed by atoms with Crippen molar-refractivity contribution in [3.8, 4) is 11.1 Å². The third kappa shape index (κ3) is 3.78. The number of rotatable bonds is 4. The molecule has 136 valence electrons. The molecule has 1 amide bonds. The SMILES string of the molecule is O=C1CCCN1C1CCCC(Cc2ccc(-c3cccnc3)cc2Cl)C1. The lowest BCUT2D eigenvalue weighted by Gasteiger charge is -2.35. The summed E-state index contributed by atoms with van der Waals surface area (Å²) in [5.41, 5.74) is 3.42. The molecule has 4 rings (SSSR count). The highest BCUT2D eigenvalue weighted by atomic mass is 35.5. The summed E-state index contributed by atoms with van der Waals surface area (Å²) in [5.74, 6) is 0.971. The fraction of sp³-hybridized carbons (Fsp3) is 0.455. The first kappa shape index (κ1) is 17.5. The molecule has 1 aliphatic heterocycles. The molecule has 2 fully saturated rings. The Morgan fingerprint density at radius 3 is 2.81 bits per heavy atom. The van der Waals surface area contributed by atoms with Crippen LogP contribution in [0.4, 0.5) is 0 Å². The molecule has 0 bridgehead atoms. The number of hydrogen-bond donors (Lipinski definition) is 0. The number of carbonyl (C=O) groups is 1. The minimum absolute atomic E-state index is 0.356. The Labute approximate surface area is 160 Å². The van der Waals surface area contributed by atoms with E-state index in [1.165, 1.54) is 18.4 Å². The van der Waals surface area contributed by atoms with Crippen molar-refractivity contribution in [2.24, 2.45) is 5.92 Å². The number of halogens is 1. The van der Waals surface area contributed by atoms with Crippen LogP contribution in [-0.4, -0.2) is 28.4 Å². The summed E-state index contributed by atoms with van der Waals surface area (Å²) in [6.07, 6.45) is 11.1. The van der Waals surface area contributed by atoms with Crippen molar-refractivity contribution in [3.63, 3.8) is 0 Å². The number of hydrogen-bond acceptors (Lipinski definition) is 2. The number of nitrogens with zero attached hydrogens (tertiary/aromatic N) is 2. The van der Waals surface area contributed by atoms with Crippen LogP contribution in [0.5, 0.6) is 0 Å². The van der Waals surface area contributed by atoms with E-state index >= 15 is 0 Å². The third-order valence-corrected chi connectivity index (χ3v) is 6.21. The summed E-state index contributed by atoms with van der Waals surface area (Å²) in [4.78, 5) is 18.4. The summed E-state index contributed by atoms with van der Waals surface area (Å²) < 4.78 is 0. The Morgan fingerprint density at radius 2 is 2.08 bits per heavy atom. The van der Waals surface area contributed by atoms with E-state index in [0.717, 1.165) is 54.8 Å². The van der Waals surface area contributed by atoms with E-state index in [9.17, 15) is 4.79 Å². The van der Waals surface area contributed by atoms with Gasteiger partial charge in [-0.15, -0.1) is 0 Å². The highest BCUT2D eigenvalue weighted by molar-refractivity contribution is 6.31. The lowest BCUT2D eigenvalue weighted by atomic mass is 9.81. The van der Waals surface area contributed by atoms with Gasteiger partial charge >= 0.3 is 0 Å². The number of amides is 1. The first-order valence-electron chi connectivity index (χ1n) is 9.69. The smallest absolute Gasteiger partial charge is 0.222 e. The van der Waals surface area contributed by atoms with Crippen molar-refractivity contribution >= 4 is 17.5 Å².